The van der Waals surface area contributed by atoms with Gasteiger partial charge in [0.25, 0.3) is 0 Å². The van der Waals surface area contributed by atoms with E-state index in [0.717, 1.165) is 31.0 Å². The lowest BCUT2D eigenvalue weighted by atomic mass is 10.2. The molecule has 0 bridgehead atoms. The van der Waals surface area contributed by atoms with Crippen LogP contribution in [0.2, 0.25) is 0 Å². The van der Waals surface area contributed by atoms with Gasteiger partial charge in [0, 0.05) is 13.0 Å². The number of nitrogens with zero attached hydrogens (tertiary/aromatic N) is 3. The minimum atomic E-state index is 0.00316. The maximum Gasteiger partial charge on any atom is 0.230 e. The third kappa shape index (κ3) is 3.39. The molecule has 0 amide bonds. The Kier molecular flexibility index (Phi) is 4.58. The molecule has 2 aromatic rings. The standard InChI is InChI=1S/C16H21N3O3/c1-3-15-17-18-16(22-15)10-19(4-2)9-12-11-20-13-7-5-6-8-14(13)21-12/h5-8,12H,3-4,9-11H2,1-2H3/t12-/m1/s1. The number of para-hydroxylation sites is 2. The van der Waals surface area contributed by atoms with Gasteiger partial charge in [-0.3, -0.25) is 4.90 Å². The van der Waals surface area contributed by atoms with Gasteiger partial charge in [-0.25, -0.2) is 0 Å². The van der Waals surface area contributed by atoms with Crippen LogP contribution in [-0.4, -0.2) is 40.9 Å². The molecule has 1 aliphatic heterocycles. The smallest absolute Gasteiger partial charge is 0.230 e. The van der Waals surface area contributed by atoms with Crippen LogP contribution in [0.3, 0.4) is 0 Å². The third-order valence-electron chi connectivity index (χ3n) is 3.65. The van der Waals surface area contributed by atoms with Gasteiger partial charge in [-0.2, -0.15) is 0 Å². The topological polar surface area (TPSA) is 60.6 Å². The Morgan fingerprint density at radius 3 is 2.64 bits per heavy atom. The summed E-state index contributed by atoms with van der Waals surface area (Å²) in [5, 5.41) is 8.07. The van der Waals surface area contributed by atoms with Gasteiger partial charge < -0.3 is 13.9 Å². The molecule has 0 spiro atoms. The lowest BCUT2D eigenvalue weighted by Crippen LogP contribution is -2.40. The number of benzene rings is 1. The van der Waals surface area contributed by atoms with Gasteiger partial charge in [0.2, 0.25) is 11.8 Å². The van der Waals surface area contributed by atoms with Crippen molar-refractivity contribution in [3.63, 3.8) is 0 Å². The summed E-state index contributed by atoms with van der Waals surface area (Å²) in [6, 6.07) is 7.76. The van der Waals surface area contributed by atoms with E-state index in [9.17, 15) is 0 Å². The van der Waals surface area contributed by atoms with Crippen LogP contribution >= 0.6 is 0 Å². The lowest BCUT2D eigenvalue weighted by molar-refractivity contribution is 0.0556. The SMILES string of the molecule is CCc1nnc(CN(CC)C[C@@H]2COc3ccccc3O2)o1. The Hall–Kier alpha value is -2.08. The van der Waals surface area contributed by atoms with Gasteiger partial charge in [-0.05, 0) is 18.7 Å². The monoisotopic (exact) mass is 303 g/mol. The van der Waals surface area contributed by atoms with Crippen molar-refractivity contribution < 1.29 is 13.9 Å². The lowest BCUT2D eigenvalue weighted by Gasteiger charge is -2.30. The van der Waals surface area contributed by atoms with E-state index in [1.807, 2.05) is 31.2 Å². The molecular weight excluding hydrogens is 282 g/mol. The molecule has 0 unspecified atom stereocenters. The van der Waals surface area contributed by atoms with E-state index >= 15 is 0 Å². The summed E-state index contributed by atoms with van der Waals surface area (Å²) < 4.78 is 17.3. The number of ether oxygens (including phenoxy) is 2. The highest BCUT2D eigenvalue weighted by Gasteiger charge is 2.23. The molecule has 6 heteroatoms. The van der Waals surface area contributed by atoms with Gasteiger partial charge in [0.1, 0.15) is 12.7 Å². The quantitative estimate of drug-likeness (QED) is 0.816. The van der Waals surface area contributed by atoms with Gasteiger partial charge in [-0.1, -0.05) is 26.0 Å². The zero-order chi connectivity index (χ0) is 15.4. The fourth-order valence-electron chi connectivity index (χ4n) is 2.43. The molecule has 0 N–H and O–H groups in total. The summed E-state index contributed by atoms with van der Waals surface area (Å²) >= 11 is 0. The van der Waals surface area contributed by atoms with Gasteiger partial charge in [-0.15, -0.1) is 10.2 Å². The predicted octanol–water partition coefficient (Wildman–Crippen LogP) is 2.29. The molecule has 0 radical (unpaired) electrons. The second-order valence-electron chi connectivity index (χ2n) is 5.27. The van der Waals surface area contributed by atoms with Crippen molar-refractivity contribution in [3.8, 4) is 11.5 Å². The van der Waals surface area contributed by atoms with Crippen LogP contribution in [0.4, 0.5) is 0 Å². The molecule has 1 aromatic heterocycles. The molecule has 2 heterocycles. The van der Waals surface area contributed by atoms with Crippen LogP contribution in [-0.2, 0) is 13.0 Å². The van der Waals surface area contributed by atoms with Gasteiger partial charge in [0.05, 0.1) is 6.54 Å². The number of aromatic nitrogens is 2. The van der Waals surface area contributed by atoms with E-state index in [-0.39, 0.29) is 6.10 Å². The second kappa shape index (κ2) is 6.79. The van der Waals surface area contributed by atoms with Crippen molar-refractivity contribution in [3.05, 3.63) is 36.0 Å². The van der Waals surface area contributed by atoms with Crippen molar-refractivity contribution in [2.24, 2.45) is 0 Å². The van der Waals surface area contributed by atoms with E-state index in [0.29, 0.717) is 24.9 Å². The molecule has 6 nitrogen and oxygen atoms in total. The maximum absolute atomic E-state index is 6.00. The molecule has 0 saturated carbocycles. The zero-order valence-corrected chi connectivity index (χ0v) is 13.0. The van der Waals surface area contributed by atoms with Crippen LogP contribution < -0.4 is 9.47 Å². The van der Waals surface area contributed by atoms with Crippen LogP contribution in [0, 0.1) is 0 Å². The average Bonchev–Trinajstić information content (AvgIpc) is 3.01. The van der Waals surface area contributed by atoms with E-state index < -0.39 is 0 Å². The summed E-state index contributed by atoms with van der Waals surface area (Å²) in [7, 11) is 0. The number of rotatable bonds is 6. The van der Waals surface area contributed by atoms with E-state index in [1.54, 1.807) is 0 Å². The Morgan fingerprint density at radius 2 is 1.91 bits per heavy atom. The van der Waals surface area contributed by atoms with Gasteiger partial charge >= 0.3 is 0 Å². The predicted molar refractivity (Wildman–Crippen MR) is 81.0 cm³/mol. The number of aryl methyl sites for hydroxylation is 1. The summed E-state index contributed by atoms with van der Waals surface area (Å²) in [6.45, 7) is 6.93. The number of hydrogen-bond donors (Lipinski definition) is 0. The Balaban J connectivity index is 1.59. The normalized spacial score (nSPS) is 17.0. The number of fused-ring (bicyclic) bond motifs is 1. The van der Waals surface area contributed by atoms with E-state index in [2.05, 4.69) is 22.0 Å². The minimum Gasteiger partial charge on any atom is -0.486 e. The van der Waals surface area contributed by atoms with Crippen LogP contribution in [0.1, 0.15) is 25.6 Å². The third-order valence-corrected chi connectivity index (χ3v) is 3.65. The average molecular weight is 303 g/mol. The minimum absolute atomic E-state index is 0.00316. The largest absolute Gasteiger partial charge is 0.486 e. The van der Waals surface area contributed by atoms with Crippen LogP contribution in [0.15, 0.2) is 28.7 Å². The number of hydrogen-bond acceptors (Lipinski definition) is 6. The fourth-order valence-corrected chi connectivity index (χ4v) is 2.43. The Morgan fingerprint density at radius 1 is 1.14 bits per heavy atom. The first-order valence-electron chi connectivity index (χ1n) is 7.70. The Labute approximate surface area is 130 Å². The summed E-state index contributed by atoms with van der Waals surface area (Å²) in [5.41, 5.74) is 0. The summed E-state index contributed by atoms with van der Waals surface area (Å²) in [6.07, 6.45) is 0.763. The second-order valence-corrected chi connectivity index (χ2v) is 5.27. The first kappa shape index (κ1) is 14.8. The Bertz CT molecular complexity index is 614. The van der Waals surface area contributed by atoms with E-state index in [4.69, 9.17) is 13.9 Å². The van der Waals surface area contributed by atoms with Crippen molar-refractivity contribution in [2.75, 3.05) is 19.7 Å². The molecule has 118 valence electrons. The molecule has 1 aliphatic rings. The first-order chi connectivity index (χ1) is 10.8. The van der Waals surface area contributed by atoms with Crippen LogP contribution in [0.25, 0.3) is 0 Å². The molecule has 0 saturated heterocycles. The van der Waals surface area contributed by atoms with Crippen molar-refractivity contribution in [1.82, 2.24) is 15.1 Å². The van der Waals surface area contributed by atoms with Crippen LogP contribution in [0.5, 0.6) is 11.5 Å². The van der Waals surface area contributed by atoms with E-state index in [1.165, 1.54) is 0 Å². The van der Waals surface area contributed by atoms with Gasteiger partial charge in [0.15, 0.2) is 11.5 Å². The molecule has 3 rings (SSSR count). The summed E-state index contributed by atoms with van der Waals surface area (Å²) in [4.78, 5) is 2.22. The highest BCUT2D eigenvalue weighted by Crippen LogP contribution is 2.31. The number of likely N-dealkylation sites (N-methyl/N-ethyl adjacent to an activating group) is 1. The molecule has 0 fully saturated rings. The van der Waals surface area contributed by atoms with Crippen molar-refractivity contribution in [1.29, 1.82) is 0 Å². The molecule has 22 heavy (non-hydrogen) atoms. The molecule has 0 aliphatic carbocycles. The van der Waals surface area contributed by atoms with Crippen molar-refractivity contribution >= 4 is 0 Å². The summed E-state index contributed by atoms with van der Waals surface area (Å²) in [5.74, 6) is 2.94. The molecular formula is C16H21N3O3. The van der Waals surface area contributed by atoms with Crippen molar-refractivity contribution in [2.45, 2.75) is 32.9 Å². The zero-order valence-electron chi connectivity index (χ0n) is 13.0. The maximum atomic E-state index is 6.00. The highest BCUT2D eigenvalue weighted by atomic mass is 16.6. The molecule has 1 aromatic carbocycles. The first-order valence-corrected chi connectivity index (χ1v) is 7.70. The molecule has 1 atom stereocenters. The fraction of sp³-hybridized carbons (Fsp3) is 0.500. The highest BCUT2D eigenvalue weighted by molar-refractivity contribution is 5.40.